The lowest BCUT2D eigenvalue weighted by Crippen LogP contribution is -2.22. The fourth-order valence-corrected chi connectivity index (χ4v) is 1.21. The van der Waals surface area contributed by atoms with Gasteiger partial charge in [0.15, 0.2) is 5.69 Å². The van der Waals surface area contributed by atoms with Crippen molar-refractivity contribution in [3.8, 4) is 0 Å². The summed E-state index contributed by atoms with van der Waals surface area (Å²) in [6.07, 6.45) is 3.87. The Kier molecular flexibility index (Phi) is 4.22. The van der Waals surface area contributed by atoms with Crippen molar-refractivity contribution < 1.29 is 9.90 Å². The number of rotatable bonds is 5. The van der Waals surface area contributed by atoms with E-state index in [2.05, 4.69) is 23.8 Å². The lowest BCUT2D eigenvalue weighted by atomic mass is 10.1. The molecule has 5 heteroatoms. The molecule has 0 radical (unpaired) electrons. The molecule has 5 nitrogen and oxygen atoms in total. The molecule has 0 aromatic carbocycles. The molecule has 0 aliphatic heterocycles. The molecule has 0 saturated carbocycles. The molecule has 0 bridgehead atoms. The quantitative estimate of drug-likeness (QED) is 0.822. The van der Waals surface area contributed by atoms with Gasteiger partial charge in [0.1, 0.15) is 5.82 Å². The van der Waals surface area contributed by atoms with Crippen LogP contribution in [0, 0.1) is 5.92 Å². The Morgan fingerprint density at radius 2 is 2.19 bits per heavy atom. The van der Waals surface area contributed by atoms with Crippen LogP contribution in [-0.4, -0.2) is 34.6 Å². The predicted molar refractivity (Wildman–Crippen MR) is 61.7 cm³/mol. The fourth-order valence-electron chi connectivity index (χ4n) is 1.21. The molecule has 16 heavy (non-hydrogen) atoms. The fraction of sp³-hybridized carbons (Fsp3) is 0.545. The Morgan fingerprint density at radius 1 is 1.50 bits per heavy atom. The molecule has 1 heterocycles. The van der Waals surface area contributed by atoms with Crippen LogP contribution in [0.1, 0.15) is 30.8 Å². The first-order chi connectivity index (χ1) is 7.50. The van der Waals surface area contributed by atoms with E-state index < -0.39 is 5.97 Å². The number of carboxylic acid groups (broad SMARTS) is 1. The summed E-state index contributed by atoms with van der Waals surface area (Å²) in [5, 5.41) is 8.79. The van der Waals surface area contributed by atoms with Gasteiger partial charge in [0.25, 0.3) is 0 Å². The van der Waals surface area contributed by atoms with E-state index in [0.717, 1.165) is 13.0 Å². The van der Waals surface area contributed by atoms with Crippen molar-refractivity contribution in [2.24, 2.45) is 5.92 Å². The van der Waals surface area contributed by atoms with Crippen molar-refractivity contribution in [3.05, 3.63) is 18.1 Å². The minimum absolute atomic E-state index is 0.0195. The molecule has 0 fully saturated rings. The van der Waals surface area contributed by atoms with E-state index in [-0.39, 0.29) is 5.69 Å². The number of aromatic carboxylic acids is 1. The number of carboxylic acids is 1. The summed E-state index contributed by atoms with van der Waals surface area (Å²) in [5.74, 6) is 0.158. The highest BCUT2D eigenvalue weighted by Gasteiger charge is 2.09. The highest BCUT2D eigenvalue weighted by molar-refractivity contribution is 5.85. The topological polar surface area (TPSA) is 66.3 Å². The van der Waals surface area contributed by atoms with E-state index in [9.17, 15) is 4.79 Å². The predicted octanol–water partition coefficient (Wildman–Crippen LogP) is 1.66. The second-order valence-electron chi connectivity index (χ2n) is 4.17. The smallest absolute Gasteiger partial charge is 0.356 e. The number of aromatic nitrogens is 2. The van der Waals surface area contributed by atoms with Crippen LogP contribution >= 0.6 is 0 Å². The van der Waals surface area contributed by atoms with Gasteiger partial charge in [-0.05, 0) is 12.3 Å². The lowest BCUT2D eigenvalue weighted by molar-refractivity contribution is 0.0690. The minimum Gasteiger partial charge on any atom is -0.476 e. The maximum Gasteiger partial charge on any atom is 0.356 e. The van der Waals surface area contributed by atoms with Crippen LogP contribution in [0.5, 0.6) is 0 Å². The molecule has 1 aromatic rings. The molecular weight excluding hydrogens is 206 g/mol. The van der Waals surface area contributed by atoms with Gasteiger partial charge < -0.3 is 10.0 Å². The van der Waals surface area contributed by atoms with Crippen molar-refractivity contribution in [1.82, 2.24) is 9.97 Å². The third kappa shape index (κ3) is 3.49. The Hall–Kier alpha value is -1.65. The van der Waals surface area contributed by atoms with Gasteiger partial charge in [-0.1, -0.05) is 13.8 Å². The van der Waals surface area contributed by atoms with E-state index in [4.69, 9.17) is 5.11 Å². The summed E-state index contributed by atoms with van der Waals surface area (Å²) in [6.45, 7) is 5.13. The maximum absolute atomic E-state index is 10.7. The molecular formula is C11H17N3O2. The molecule has 1 aromatic heterocycles. The van der Waals surface area contributed by atoms with Crippen molar-refractivity contribution in [1.29, 1.82) is 0 Å². The van der Waals surface area contributed by atoms with Crippen LogP contribution in [0.25, 0.3) is 0 Å². The zero-order valence-corrected chi connectivity index (χ0v) is 9.84. The van der Waals surface area contributed by atoms with Gasteiger partial charge in [-0.3, -0.25) is 4.98 Å². The van der Waals surface area contributed by atoms with E-state index in [1.165, 1.54) is 6.20 Å². The van der Waals surface area contributed by atoms with Crippen LogP contribution in [-0.2, 0) is 0 Å². The van der Waals surface area contributed by atoms with Crippen molar-refractivity contribution >= 4 is 11.8 Å². The van der Waals surface area contributed by atoms with Gasteiger partial charge in [0, 0.05) is 13.6 Å². The Bertz CT molecular complexity index is 366. The minimum atomic E-state index is -1.05. The van der Waals surface area contributed by atoms with Crippen LogP contribution in [0.4, 0.5) is 5.82 Å². The number of anilines is 1. The van der Waals surface area contributed by atoms with E-state index in [1.807, 2.05) is 11.9 Å². The number of hydrogen-bond donors (Lipinski definition) is 1. The zero-order chi connectivity index (χ0) is 12.1. The molecule has 0 aliphatic carbocycles. The summed E-state index contributed by atoms with van der Waals surface area (Å²) < 4.78 is 0. The van der Waals surface area contributed by atoms with Crippen LogP contribution in [0.2, 0.25) is 0 Å². The first-order valence-corrected chi connectivity index (χ1v) is 5.27. The lowest BCUT2D eigenvalue weighted by Gasteiger charge is -2.18. The largest absolute Gasteiger partial charge is 0.476 e. The van der Waals surface area contributed by atoms with Gasteiger partial charge in [-0.15, -0.1) is 0 Å². The molecule has 0 saturated heterocycles. The van der Waals surface area contributed by atoms with Crippen LogP contribution in [0.3, 0.4) is 0 Å². The number of nitrogens with zero attached hydrogens (tertiary/aromatic N) is 3. The average Bonchev–Trinajstić information content (AvgIpc) is 2.26. The Balaban J connectivity index is 2.71. The van der Waals surface area contributed by atoms with Crippen LogP contribution in [0.15, 0.2) is 12.4 Å². The maximum atomic E-state index is 10.7. The number of carbonyl (C=O) groups is 1. The van der Waals surface area contributed by atoms with Gasteiger partial charge >= 0.3 is 5.97 Å². The van der Waals surface area contributed by atoms with Gasteiger partial charge in [0.05, 0.1) is 12.4 Å². The monoisotopic (exact) mass is 223 g/mol. The zero-order valence-electron chi connectivity index (χ0n) is 9.84. The normalized spacial score (nSPS) is 10.5. The molecule has 0 aliphatic rings. The molecule has 0 spiro atoms. The third-order valence-electron chi connectivity index (χ3n) is 2.27. The van der Waals surface area contributed by atoms with Crippen LogP contribution < -0.4 is 4.90 Å². The standard InChI is InChI=1S/C11H17N3O2/c1-8(2)4-5-14(3)10-7-12-6-9(13-10)11(15)16/h6-8H,4-5H2,1-3H3,(H,15,16). The summed E-state index contributed by atoms with van der Waals surface area (Å²) in [7, 11) is 1.89. The Morgan fingerprint density at radius 3 is 2.75 bits per heavy atom. The van der Waals surface area contributed by atoms with Crippen molar-refractivity contribution in [2.45, 2.75) is 20.3 Å². The molecule has 0 amide bonds. The molecule has 0 atom stereocenters. The van der Waals surface area contributed by atoms with Gasteiger partial charge in [-0.25, -0.2) is 9.78 Å². The Labute approximate surface area is 95.1 Å². The summed E-state index contributed by atoms with van der Waals surface area (Å²) in [5.41, 5.74) is -0.0195. The van der Waals surface area contributed by atoms with E-state index >= 15 is 0 Å². The van der Waals surface area contributed by atoms with E-state index in [1.54, 1.807) is 6.20 Å². The third-order valence-corrected chi connectivity index (χ3v) is 2.27. The summed E-state index contributed by atoms with van der Waals surface area (Å²) in [6, 6.07) is 0. The molecule has 1 rings (SSSR count). The van der Waals surface area contributed by atoms with Gasteiger partial charge in [-0.2, -0.15) is 0 Å². The summed E-state index contributed by atoms with van der Waals surface area (Å²) in [4.78, 5) is 20.5. The highest BCUT2D eigenvalue weighted by Crippen LogP contribution is 2.10. The highest BCUT2D eigenvalue weighted by atomic mass is 16.4. The summed E-state index contributed by atoms with van der Waals surface area (Å²) >= 11 is 0. The second-order valence-corrected chi connectivity index (χ2v) is 4.17. The number of hydrogen-bond acceptors (Lipinski definition) is 4. The van der Waals surface area contributed by atoms with Crippen molar-refractivity contribution in [2.75, 3.05) is 18.5 Å². The second kappa shape index (κ2) is 5.44. The SMILES string of the molecule is CC(C)CCN(C)c1cncc(C(=O)O)n1. The molecule has 1 N–H and O–H groups in total. The van der Waals surface area contributed by atoms with E-state index in [0.29, 0.717) is 11.7 Å². The first kappa shape index (κ1) is 12.4. The first-order valence-electron chi connectivity index (χ1n) is 5.27. The van der Waals surface area contributed by atoms with Crippen molar-refractivity contribution in [3.63, 3.8) is 0 Å². The molecule has 88 valence electrons. The molecule has 0 unspecified atom stereocenters. The average molecular weight is 223 g/mol. The van der Waals surface area contributed by atoms with Gasteiger partial charge in [0.2, 0.25) is 0 Å².